The highest BCUT2D eigenvalue weighted by molar-refractivity contribution is 5.76. The molecule has 0 radical (unpaired) electrons. The molecule has 23 heavy (non-hydrogen) atoms. The Morgan fingerprint density at radius 2 is 1.83 bits per heavy atom. The van der Waals surface area contributed by atoms with E-state index < -0.39 is 11.9 Å². The van der Waals surface area contributed by atoms with Crippen LogP contribution >= 0.6 is 0 Å². The number of ether oxygens (including phenoxy) is 2. The Kier molecular flexibility index (Phi) is 5.46. The van der Waals surface area contributed by atoms with E-state index in [1.54, 1.807) is 31.4 Å². The molecule has 0 bridgehead atoms. The quantitative estimate of drug-likeness (QED) is 0.820. The van der Waals surface area contributed by atoms with Crippen molar-refractivity contribution in [3.8, 4) is 17.2 Å². The minimum atomic E-state index is -0.913. The Morgan fingerprint density at radius 1 is 1.13 bits per heavy atom. The molecule has 0 aliphatic carbocycles. The van der Waals surface area contributed by atoms with Gasteiger partial charge in [0.2, 0.25) is 0 Å². The first-order chi connectivity index (χ1) is 11.0. The number of carboxylic acid groups (broad SMARTS) is 1. The van der Waals surface area contributed by atoms with Gasteiger partial charge in [0.15, 0.2) is 11.5 Å². The molecular formula is C18H20O5. The highest BCUT2D eigenvalue weighted by atomic mass is 16.5. The number of aliphatic carboxylic acids is 1. The summed E-state index contributed by atoms with van der Waals surface area (Å²) in [5, 5.41) is 18.9. The van der Waals surface area contributed by atoms with E-state index in [0.29, 0.717) is 30.1 Å². The molecule has 0 amide bonds. The van der Waals surface area contributed by atoms with Gasteiger partial charge >= 0.3 is 5.97 Å². The molecule has 0 saturated heterocycles. The Labute approximate surface area is 135 Å². The van der Waals surface area contributed by atoms with Crippen LogP contribution in [0, 0.1) is 0 Å². The van der Waals surface area contributed by atoms with E-state index in [2.05, 4.69) is 0 Å². The summed E-state index contributed by atoms with van der Waals surface area (Å²) in [7, 11) is 1.56. The number of carboxylic acids is 1. The first kappa shape index (κ1) is 16.7. The monoisotopic (exact) mass is 316 g/mol. The molecule has 0 aliphatic heterocycles. The molecule has 2 N–H and O–H groups in total. The molecule has 0 spiro atoms. The number of hydrogen-bond donors (Lipinski definition) is 2. The first-order valence-corrected chi connectivity index (χ1v) is 7.36. The SMILES string of the molecule is CCOc1cc(CC(C(=O)O)c2ccc(O)cc2)ccc1OC. The Bertz CT molecular complexity index is 664. The van der Waals surface area contributed by atoms with Gasteiger partial charge < -0.3 is 19.7 Å². The summed E-state index contributed by atoms with van der Waals surface area (Å²) in [6.45, 7) is 2.38. The lowest BCUT2D eigenvalue weighted by Gasteiger charge is -2.15. The second-order valence-corrected chi connectivity index (χ2v) is 5.10. The highest BCUT2D eigenvalue weighted by Gasteiger charge is 2.21. The topological polar surface area (TPSA) is 76.0 Å². The van der Waals surface area contributed by atoms with Crippen molar-refractivity contribution in [2.45, 2.75) is 19.3 Å². The van der Waals surface area contributed by atoms with Crippen molar-refractivity contribution in [2.75, 3.05) is 13.7 Å². The molecule has 5 nitrogen and oxygen atoms in total. The maximum Gasteiger partial charge on any atom is 0.311 e. The Balaban J connectivity index is 2.28. The van der Waals surface area contributed by atoms with Crippen molar-refractivity contribution in [2.24, 2.45) is 0 Å². The molecule has 2 aromatic carbocycles. The standard InChI is InChI=1S/C18H20O5/c1-3-23-17-11-12(4-9-16(17)22-2)10-15(18(20)21)13-5-7-14(19)8-6-13/h4-9,11,15,19H,3,10H2,1-2H3,(H,20,21). The molecule has 1 atom stereocenters. The molecule has 5 heteroatoms. The van der Waals surface area contributed by atoms with Gasteiger partial charge in [-0.15, -0.1) is 0 Å². The lowest BCUT2D eigenvalue weighted by atomic mass is 9.92. The largest absolute Gasteiger partial charge is 0.508 e. The van der Waals surface area contributed by atoms with Crippen LogP contribution in [0.25, 0.3) is 0 Å². The van der Waals surface area contributed by atoms with Crippen LogP contribution in [0.3, 0.4) is 0 Å². The van der Waals surface area contributed by atoms with Gasteiger partial charge in [0.05, 0.1) is 19.6 Å². The van der Waals surface area contributed by atoms with Gasteiger partial charge in [-0.05, 0) is 48.7 Å². The normalized spacial score (nSPS) is 11.7. The molecule has 122 valence electrons. The molecule has 0 saturated carbocycles. The van der Waals surface area contributed by atoms with Crippen LogP contribution in [0.15, 0.2) is 42.5 Å². The van der Waals surface area contributed by atoms with E-state index in [9.17, 15) is 15.0 Å². The van der Waals surface area contributed by atoms with Gasteiger partial charge in [0.1, 0.15) is 5.75 Å². The maximum atomic E-state index is 11.6. The third-order valence-electron chi connectivity index (χ3n) is 3.56. The van der Waals surface area contributed by atoms with Crippen LogP contribution in [0.2, 0.25) is 0 Å². The molecule has 1 unspecified atom stereocenters. The maximum absolute atomic E-state index is 11.6. The average molecular weight is 316 g/mol. The smallest absolute Gasteiger partial charge is 0.311 e. The van der Waals surface area contributed by atoms with Gasteiger partial charge in [0, 0.05) is 0 Å². The fourth-order valence-electron chi connectivity index (χ4n) is 2.41. The second-order valence-electron chi connectivity index (χ2n) is 5.10. The van der Waals surface area contributed by atoms with Crippen LogP contribution in [0.4, 0.5) is 0 Å². The zero-order valence-corrected chi connectivity index (χ0v) is 13.2. The molecular weight excluding hydrogens is 296 g/mol. The highest BCUT2D eigenvalue weighted by Crippen LogP contribution is 2.31. The van der Waals surface area contributed by atoms with Crippen molar-refractivity contribution in [1.29, 1.82) is 0 Å². The minimum absolute atomic E-state index is 0.112. The fourth-order valence-corrected chi connectivity index (χ4v) is 2.41. The second kappa shape index (κ2) is 7.54. The summed E-state index contributed by atoms with van der Waals surface area (Å²) in [6, 6.07) is 11.6. The van der Waals surface area contributed by atoms with Crippen molar-refractivity contribution in [3.63, 3.8) is 0 Å². The Hall–Kier alpha value is -2.69. The fraction of sp³-hybridized carbons (Fsp3) is 0.278. The number of methoxy groups -OCH3 is 1. The van der Waals surface area contributed by atoms with Gasteiger partial charge in [-0.3, -0.25) is 4.79 Å². The summed E-state index contributed by atoms with van der Waals surface area (Å²) >= 11 is 0. The van der Waals surface area contributed by atoms with Gasteiger partial charge in [-0.25, -0.2) is 0 Å². The lowest BCUT2D eigenvalue weighted by Crippen LogP contribution is -2.14. The van der Waals surface area contributed by atoms with Crippen LogP contribution in [0.5, 0.6) is 17.2 Å². The molecule has 0 fully saturated rings. The third kappa shape index (κ3) is 4.16. The molecule has 0 aromatic heterocycles. The molecule has 0 aliphatic rings. The van der Waals surface area contributed by atoms with Gasteiger partial charge in [-0.2, -0.15) is 0 Å². The molecule has 2 rings (SSSR count). The number of phenols is 1. The van der Waals surface area contributed by atoms with Crippen molar-refractivity contribution in [3.05, 3.63) is 53.6 Å². The molecule has 0 heterocycles. The summed E-state index contributed by atoms with van der Waals surface area (Å²) < 4.78 is 10.8. The number of rotatable bonds is 7. The van der Waals surface area contributed by atoms with Gasteiger partial charge in [0.25, 0.3) is 0 Å². The van der Waals surface area contributed by atoms with Crippen LogP contribution < -0.4 is 9.47 Å². The van der Waals surface area contributed by atoms with Crippen LogP contribution in [-0.4, -0.2) is 29.9 Å². The minimum Gasteiger partial charge on any atom is -0.508 e. The summed E-state index contributed by atoms with van der Waals surface area (Å²) in [5.74, 6) is -0.279. The average Bonchev–Trinajstić information content (AvgIpc) is 2.54. The lowest BCUT2D eigenvalue weighted by molar-refractivity contribution is -0.138. The zero-order chi connectivity index (χ0) is 16.8. The Morgan fingerprint density at radius 3 is 2.39 bits per heavy atom. The van der Waals surface area contributed by atoms with Crippen molar-refractivity contribution >= 4 is 5.97 Å². The number of aromatic hydroxyl groups is 1. The predicted molar refractivity (Wildman–Crippen MR) is 86.4 cm³/mol. The van der Waals surface area contributed by atoms with Crippen molar-refractivity contribution in [1.82, 2.24) is 0 Å². The number of benzene rings is 2. The number of carbonyl (C=O) groups is 1. The van der Waals surface area contributed by atoms with Crippen LogP contribution in [-0.2, 0) is 11.2 Å². The summed E-state index contributed by atoms with van der Waals surface area (Å²) in [6.07, 6.45) is 0.324. The van der Waals surface area contributed by atoms with Crippen LogP contribution in [0.1, 0.15) is 24.0 Å². The summed E-state index contributed by atoms with van der Waals surface area (Å²) in [4.78, 5) is 11.6. The summed E-state index contributed by atoms with van der Waals surface area (Å²) in [5.41, 5.74) is 1.49. The van der Waals surface area contributed by atoms with Gasteiger partial charge in [-0.1, -0.05) is 18.2 Å². The third-order valence-corrected chi connectivity index (χ3v) is 3.56. The van der Waals surface area contributed by atoms with E-state index in [1.807, 2.05) is 13.0 Å². The van der Waals surface area contributed by atoms with E-state index in [0.717, 1.165) is 5.56 Å². The first-order valence-electron chi connectivity index (χ1n) is 7.36. The van der Waals surface area contributed by atoms with E-state index in [4.69, 9.17) is 9.47 Å². The number of phenolic OH excluding ortho intramolecular Hbond substituents is 1. The predicted octanol–water partition coefficient (Wildman–Crippen LogP) is 3.21. The van der Waals surface area contributed by atoms with E-state index in [1.165, 1.54) is 12.1 Å². The zero-order valence-electron chi connectivity index (χ0n) is 13.2. The van der Waals surface area contributed by atoms with E-state index in [-0.39, 0.29) is 5.75 Å². The van der Waals surface area contributed by atoms with E-state index >= 15 is 0 Å². The van der Waals surface area contributed by atoms with Crippen molar-refractivity contribution < 1.29 is 24.5 Å². The molecule has 2 aromatic rings. The number of hydrogen-bond acceptors (Lipinski definition) is 4.